The van der Waals surface area contributed by atoms with Crippen LogP contribution in [0.4, 0.5) is 5.69 Å². The molecular weight excluding hydrogens is 370 g/mol. The molecule has 0 aliphatic carbocycles. The molecule has 2 aromatic carbocycles. The van der Waals surface area contributed by atoms with E-state index in [1.54, 1.807) is 50.0 Å². The third kappa shape index (κ3) is 4.18. The van der Waals surface area contributed by atoms with E-state index in [9.17, 15) is 9.59 Å². The van der Waals surface area contributed by atoms with Crippen molar-refractivity contribution in [1.29, 1.82) is 0 Å². The number of hydrogen-bond donors (Lipinski definition) is 1. The van der Waals surface area contributed by atoms with Crippen LogP contribution in [0.2, 0.25) is 0 Å². The van der Waals surface area contributed by atoms with Crippen molar-refractivity contribution in [2.45, 2.75) is 26.4 Å². The van der Waals surface area contributed by atoms with Crippen molar-refractivity contribution in [3.05, 3.63) is 70.6 Å². The number of para-hydroxylation sites is 1. The molecule has 0 aliphatic rings. The van der Waals surface area contributed by atoms with E-state index in [0.717, 1.165) is 5.69 Å². The molecule has 7 heteroatoms. The number of amides is 1. The molecule has 3 rings (SSSR count). The second-order valence-electron chi connectivity index (χ2n) is 6.62. The van der Waals surface area contributed by atoms with Crippen molar-refractivity contribution in [1.82, 2.24) is 9.36 Å². The lowest BCUT2D eigenvalue weighted by molar-refractivity contribution is -0.122. The molecule has 1 unspecified atom stereocenters. The Morgan fingerprint density at radius 3 is 2.28 bits per heavy atom. The van der Waals surface area contributed by atoms with Gasteiger partial charge in [-0.2, -0.15) is 0 Å². The first-order valence-corrected chi connectivity index (χ1v) is 9.41. The fraction of sp³-hybridized carbons (Fsp3) is 0.273. The molecule has 0 saturated heterocycles. The summed E-state index contributed by atoms with van der Waals surface area (Å²) in [5.74, 6) is 0.893. The summed E-state index contributed by atoms with van der Waals surface area (Å²) in [6.45, 7) is 3.65. The zero-order chi connectivity index (χ0) is 21.0. The molecule has 0 spiro atoms. The first-order valence-electron chi connectivity index (χ1n) is 9.41. The number of anilines is 1. The molecule has 1 amide bonds. The minimum atomic E-state index is -0.729. The summed E-state index contributed by atoms with van der Waals surface area (Å²) in [4.78, 5) is 25.8. The molecular formula is C22H25N3O4. The molecule has 1 atom stereocenters. The lowest BCUT2D eigenvalue weighted by atomic mass is 10.2. The smallest absolute Gasteiger partial charge is 0.295 e. The summed E-state index contributed by atoms with van der Waals surface area (Å²) >= 11 is 0. The molecule has 0 aliphatic heterocycles. The van der Waals surface area contributed by atoms with Crippen LogP contribution in [0.3, 0.4) is 0 Å². The standard InChI is InChI=1S/C22H25N3O4/c1-5-19(29-18-13-11-17(28-4)12-14-18)21(26)23-20-15(2)24(3)25(22(20)27)16-9-7-6-8-10-16/h6-14,19H,5H2,1-4H3,(H,23,26). The highest BCUT2D eigenvalue weighted by Crippen LogP contribution is 2.20. The number of nitrogens with one attached hydrogen (secondary N) is 1. The van der Waals surface area contributed by atoms with Crippen LogP contribution in [0, 0.1) is 6.92 Å². The van der Waals surface area contributed by atoms with Gasteiger partial charge >= 0.3 is 0 Å². The number of carbonyl (C=O) groups excluding carboxylic acids is 1. The quantitative estimate of drug-likeness (QED) is 0.666. The number of nitrogens with zero attached hydrogens (tertiary/aromatic N) is 2. The first-order chi connectivity index (χ1) is 14.0. The van der Waals surface area contributed by atoms with Gasteiger partial charge in [-0.3, -0.25) is 14.3 Å². The SMILES string of the molecule is CCC(Oc1ccc(OC)cc1)C(=O)Nc1c(C)n(C)n(-c2ccccc2)c1=O. The zero-order valence-corrected chi connectivity index (χ0v) is 17.0. The Kier molecular flexibility index (Phi) is 6.07. The molecule has 0 bridgehead atoms. The van der Waals surface area contributed by atoms with Gasteiger partial charge in [-0.25, -0.2) is 4.68 Å². The van der Waals surface area contributed by atoms with E-state index in [1.807, 2.05) is 37.3 Å². The summed E-state index contributed by atoms with van der Waals surface area (Å²) < 4.78 is 14.2. The van der Waals surface area contributed by atoms with Gasteiger partial charge in [0.1, 0.15) is 17.2 Å². The van der Waals surface area contributed by atoms with E-state index in [-0.39, 0.29) is 17.2 Å². The fourth-order valence-electron chi connectivity index (χ4n) is 3.06. The van der Waals surface area contributed by atoms with Crippen molar-refractivity contribution in [2.24, 2.45) is 7.05 Å². The van der Waals surface area contributed by atoms with Crippen molar-refractivity contribution in [3.63, 3.8) is 0 Å². The lowest BCUT2D eigenvalue weighted by Gasteiger charge is -2.17. The van der Waals surface area contributed by atoms with Crippen LogP contribution < -0.4 is 20.3 Å². The topological polar surface area (TPSA) is 74.5 Å². The Morgan fingerprint density at radius 1 is 1.07 bits per heavy atom. The predicted octanol–water partition coefficient (Wildman–Crippen LogP) is 3.29. The lowest BCUT2D eigenvalue weighted by Crippen LogP contribution is -2.34. The van der Waals surface area contributed by atoms with E-state index in [2.05, 4.69) is 5.32 Å². The maximum atomic E-state index is 13.0. The van der Waals surface area contributed by atoms with Crippen LogP contribution in [0.15, 0.2) is 59.4 Å². The number of hydrogen-bond acceptors (Lipinski definition) is 4. The van der Waals surface area contributed by atoms with E-state index >= 15 is 0 Å². The Hall–Kier alpha value is -3.48. The molecule has 0 fully saturated rings. The molecule has 1 heterocycles. The second-order valence-corrected chi connectivity index (χ2v) is 6.62. The number of methoxy groups -OCH3 is 1. The van der Waals surface area contributed by atoms with E-state index in [1.165, 1.54) is 4.68 Å². The van der Waals surface area contributed by atoms with Crippen LogP contribution in [0.5, 0.6) is 11.5 Å². The van der Waals surface area contributed by atoms with E-state index < -0.39 is 6.10 Å². The number of rotatable bonds is 7. The normalized spacial score (nSPS) is 11.7. The summed E-state index contributed by atoms with van der Waals surface area (Å²) in [6.07, 6.45) is -0.274. The molecule has 7 nitrogen and oxygen atoms in total. The Morgan fingerprint density at radius 2 is 1.69 bits per heavy atom. The largest absolute Gasteiger partial charge is 0.497 e. The van der Waals surface area contributed by atoms with Gasteiger partial charge in [0.2, 0.25) is 0 Å². The van der Waals surface area contributed by atoms with Gasteiger partial charge in [0, 0.05) is 7.05 Å². The minimum Gasteiger partial charge on any atom is -0.497 e. The van der Waals surface area contributed by atoms with Crippen molar-refractivity contribution in [2.75, 3.05) is 12.4 Å². The molecule has 0 saturated carbocycles. The Balaban J connectivity index is 1.82. The predicted molar refractivity (Wildman–Crippen MR) is 112 cm³/mol. The molecule has 29 heavy (non-hydrogen) atoms. The van der Waals surface area contributed by atoms with Crippen LogP contribution in [0.25, 0.3) is 5.69 Å². The van der Waals surface area contributed by atoms with Gasteiger partial charge in [0.05, 0.1) is 18.5 Å². The van der Waals surface area contributed by atoms with Gasteiger partial charge in [-0.05, 0) is 49.7 Å². The van der Waals surface area contributed by atoms with Gasteiger partial charge in [0.15, 0.2) is 6.10 Å². The number of benzene rings is 2. The minimum absolute atomic E-state index is 0.248. The van der Waals surface area contributed by atoms with Gasteiger partial charge in [0.25, 0.3) is 11.5 Å². The molecule has 1 aromatic heterocycles. The van der Waals surface area contributed by atoms with Crippen molar-refractivity contribution < 1.29 is 14.3 Å². The number of ether oxygens (including phenoxy) is 2. The fourth-order valence-corrected chi connectivity index (χ4v) is 3.06. The second kappa shape index (κ2) is 8.68. The highest BCUT2D eigenvalue weighted by molar-refractivity contribution is 5.94. The molecule has 152 valence electrons. The molecule has 3 aromatic rings. The van der Waals surface area contributed by atoms with Crippen LogP contribution in [-0.4, -0.2) is 28.5 Å². The first kappa shape index (κ1) is 20.3. The summed E-state index contributed by atoms with van der Waals surface area (Å²) in [6, 6.07) is 16.3. The van der Waals surface area contributed by atoms with Gasteiger partial charge < -0.3 is 14.8 Å². The maximum absolute atomic E-state index is 13.0. The highest BCUT2D eigenvalue weighted by Gasteiger charge is 2.23. The number of aromatic nitrogens is 2. The number of carbonyl (C=O) groups is 1. The third-order valence-electron chi connectivity index (χ3n) is 4.80. The average Bonchev–Trinajstić information content (AvgIpc) is 2.96. The maximum Gasteiger partial charge on any atom is 0.295 e. The van der Waals surface area contributed by atoms with E-state index in [0.29, 0.717) is 23.6 Å². The Labute approximate surface area is 169 Å². The van der Waals surface area contributed by atoms with Gasteiger partial charge in [-0.15, -0.1) is 0 Å². The zero-order valence-electron chi connectivity index (χ0n) is 17.0. The average molecular weight is 395 g/mol. The Bertz CT molecular complexity index is 1040. The van der Waals surface area contributed by atoms with Crippen LogP contribution >= 0.6 is 0 Å². The van der Waals surface area contributed by atoms with E-state index in [4.69, 9.17) is 9.47 Å². The monoisotopic (exact) mass is 395 g/mol. The highest BCUT2D eigenvalue weighted by atomic mass is 16.5. The molecule has 1 N–H and O–H groups in total. The van der Waals surface area contributed by atoms with Crippen LogP contribution in [0.1, 0.15) is 19.0 Å². The van der Waals surface area contributed by atoms with Gasteiger partial charge in [-0.1, -0.05) is 25.1 Å². The summed E-state index contributed by atoms with van der Waals surface area (Å²) in [5, 5.41) is 2.76. The van der Waals surface area contributed by atoms with Crippen LogP contribution in [-0.2, 0) is 11.8 Å². The molecule has 0 radical (unpaired) electrons. The van der Waals surface area contributed by atoms with Crippen molar-refractivity contribution >= 4 is 11.6 Å². The summed E-state index contributed by atoms with van der Waals surface area (Å²) in [5.41, 5.74) is 1.35. The van der Waals surface area contributed by atoms with Crippen molar-refractivity contribution in [3.8, 4) is 17.2 Å². The summed E-state index contributed by atoms with van der Waals surface area (Å²) in [7, 11) is 3.37. The third-order valence-corrected chi connectivity index (χ3v) is 4.80.